The molecule has 3 heteroatoms. The van der Waals surface area contributed by atoms with E-state index < -0.39 is 14.4 Å². The first-order valence-corrected chi connectivity index (χ1v) is 9.02. The molecule has 0 amide bonds. The maximum absolute atomic E-state index is 9.74. The summed E-state index contributed by atoms with van der Waals surface area (Å²) in [5, 5.41) is 9.91. The van der Waals surface area contributed by atoms with Gasteiger partial charge in [0, 0.05) is 5.56 Å². The predicted molar refractivity (Wildman–Crippen MR) is 74.9 cm³/mol. The zero-order chi connectivity index (χ0) is 13.3. The highest BCUT2D eigenvalue weighted by molar-refractivity contribution is 6.74. The van der Waals surface area contributed by atoms with Crippen molar-refractivity contribution in [1.82, 2.24) is 0 Å². The Morgan fingerprint density at radius 3 is 2.18 bits per heavy atom. The number of para-hydroxylation sites is 1. The van der Waals surface area contributed by atoms with E-state index in [0.29, 0.717) is 0 Å². The molecule has 1 aromatic rings. The zero-order valence-electron chi connectivity index (χ0n) is 11.7. The Balaban J connectivity index is 3.04. The molecule has 1 N–H and O–H groups in total. The lowest BCUT2D eigenvalue weighted by Gasteiger charge is -2.37. The molecule has 0 aliphatic rings. The Kier molecular flexibility index (Phi) is 4.05. The van der Waals surface area contributed by atoms with Gasteiger partial charge < -0.3 is 9.53 Å². The molecule has 1 rings (SSSR count). The molecule has 0 aliphatic heterocycles. The minimum atomic E-state index is -1.83. The summed E-state index contributed by atoms with van der Waals surface area (Å²) in [6, 6.07) is 7.75. The number of aliphatic hydroxyl groups is 1. The second-order valence-electron chi connectivity index (χ2n) is 6.08. The quantitative estimate of drug-likeness (QED) is 0.820. The lowest BCUT2D eigenvalue weighted by molar-refractivity contribution is 0.196. The molecule has 0 aliphatic carbocycles. The molecule has 0 fully saturated rings. The van der Waals surface area contributed by atoms with Gasteiger partial charge in [-0.15, -0.1) is 0 Å². The van der Waals surface area contributed by atoms with E-state index in [1.54, 1.807) is 6.92 Å². The molecular weight excluding hydrogens is 228 g/mol. The predicted octanol–water partition coefficient (Wildman–Crippen LogP) is 4.12. The maximum Gasteiger partial charge on any atom is 0.250 e. The van der Waals surface area contributed by atoms with E-state index in [0.717, 1.165) is 11.3 Å². The van der Waals surface area contributed by atoms with Crippen LogP contribution in [0.2, 0.25) is 18.1 Å². The Hall–Kier alpha value is -0.803. The molecule has 0 bridgehead atoms. The van der Waals surface area contributed by atoms with Crippen LogP contribution in [-0.2, 0) is 0 Å². The second kappa shape index (κ2) is 4.82. The Morgan fingerprint density at radius 1 is 1.18 bits per heavy atom. The molecule has 17 heavy (non-hydrogen) atoms. The minimum absolute atomic E-state index is 0.165. The number of benzene rings is 1. The summed E-state index contributed by atoms with van der Waals surface area (Å²) in [6.07, 6.45) is -0.490. The van der Waals surface area contributed by atoms with Crippen LogP contribution >= 0.6 is 0 Å². The van der Waals surface area contributed by atoms with Gasteiger partial charge in [-0.25, -0.2) is 0 Å². The van der Waals surface area contributed by atoms with Gasteiger partial charge >= 0.3 is 0 Å². The van der Waals surface area contributed by atoms with Gasteiger partial charge in [0.05, 0.1) is 6.10 Å². The summed E-state index contributed by atoms with van der Waals surface area (Å²) in [6.45, 7) is 12.8. The van der Waals surface area contributed by atoms with Crippen molar-refractivity contribution in [3.8, 4) is 5.75 Å². The normalized spacial score (nSPS) is 14.5. The zero-order valence-corrected chi connectivity index (χ0v) is 12.7. The van der Waals surface area contributed by atoms with Gasteiger partial charge in [-0.2, -0.15) is 0 Å². The summed E-state index contributed by atoms with van der Waals surface area (Å²) in [7, 11) is -1.83. The lowest BCUT2D eigenvalue weighted by atomic mass is 10.1. The smallest absolute Gasteiger partial charge is 0.250 e. The van der Waals surface area contributed by atoms with E-state index in [4.69, 9.17) is 4.43 Å². The Bertz CT molecular complexity index is 378. The summed E-state index contributed by atoms with van der Waals surface area (Å²) in [5.41, 5.74) is 0.873. The van der Waals surface area contributed by atoms with E-state index in [1.807, 2.05) is 24.3 Å². The fraction of sp³-hybridized carbons (Fsp3) is 0.571. The van der Waals surface area contributed by atoms with Crippen molar-refractivity contribution in [1.29, 1.82) is 0 Å². The number of aliphatic hydroxyl groups excluding tert-OH is 1. The average Bonchev–Trinajstić information content (AvgIpc) is 2.15. The van der Waals surface area contributed by atoms with Crippen LogP contribution in [0.3, 0.4) is 0 Å². The first kappa shape index (κ1) is 14.3. The standard InChI is InChI=1S/C14H24O2Si/c1-11(15)12-9-7-8-10-13(12)16-17(5,6)14(2,3)4/h7-11,15H,1-6H3. The first-order chi connectivity index (χ1) is 7.65. The lowest BCUT2D eigenvalue weighted by Crippen LogP contribution is -2.44. The summed E-state index contributed by atoms with van der Waals surface area (Å²) in [5.74, 6) is 0.828. The van der Waals surface area contributed by atoms with Gasteiger partial charge in [0.2, 0.25) is 8.32 Å². The van der Waals surface area contributed by atoms with Crippen LogP contribution in [0, 0.1) is 0 Å². The van der Waals surface area contributed by atoms with Crippen LogP contribution in [0.25, 0.3) is 0 Å². The number of hydrogen-bond acceptors (Lipinski definition) is 2. The third-order valence-electron chi connectivity index (χ3n) is 3.54. The largest absolute Gasteiger partial charge is 0.543 e. The van der Waals surface area contributed by atoms with Crippen LogP contribution in [-0.4, -0.2) is 13.4 Å². The van der Waals surface area contributed by atoms with E-state index in [-0.39, 0.29) is 5.04 Å². The molecule has 2 nitrogen and oxygen atoms in total. The molecule has 0 saturated heterocycles. The van der Waals surface area contributed by atoms with Crippen LogP contribution in [0.5, 0.6) is 5.75 Å². The minimum Gasteiger partial charge on any atom is -0.543 e. The van der Waals surface area contributed by atoms with E-state index in [1.165, 1.54) is 0 Å². The molecule has 0 heterocycles. The van der Waals surface area contributed by atoms with Gasteiger partial charge in [-0.3, -0.25) is 0 Å². The first-order valence-electron chi connectivity index (χ1n) is 6.11. The SMILES string of the molecule is CC(O)c1ccccc1O[Si](C)(C)C(C)(C)C. The highest BCUT2D eigenvalue weighted by Crippen LogP contribution is 2.38. The fourth-order valence-corrected chi connectivity index (χ4v) is 2.39. The molecular formula is C14H24O2Si. The van der Waals surface area contributed by atoms with Crippen LogP contribution in [0.4, 0.5) is 0 Å². The van der Waals surface area contributed by atoms with Crippen molar-refractivity contribution >= 4 is 8.32 Å². The van der Waals surface area contributed by atoms with Gasteiger partial charge in [0.25, 0.3) is 0 Å². The molecule has 0 radical (unpaired) electrons. The highest BCUT2D eigenvalue weighted by Gasteiger charge is 2.39. The topological polar surface area (TPSA) is 29.5 Å². The molecule has 96 valence electrons. The van der Waals surface area contributed by atoms with Gasteiger partial charge in [0.1, 0.15) is 5.75 Å². The summed E-state index contributed by atoms with van der Waals surface area (Å²) < 4.78 is 6.24. The second-order valence-corrected chi connectivity index (χ2v) is 10.8. The molecule has 1 aromatic carbocycles. The average molecular weight is 252 g/mol. The maximum atomic E-state index is 9.74. The molecule has 1 unspecified atom stereocenters. The number of rotatable bonds is 3. The number of hydrogen-bond donors (Lipinski definition) is 1. The van der Waals surface area contributed by atoms with Crippen molar-refractivity contribution in [3.63, 3.8) is 0 Å². The third kappa shape index (κ3) is 3.33. The molecule has 0 saturated carbocycles. The highest BCUT2D eigenvalue weighted by atomic mass is 28.4. The van der Waals surface area contributed by atoms with Crippen molar-refractivity contribution in [3.05, 3.63) is 29.8 Å². The van der Waals surface area contributed by atoms with Crippen molar-refractivity contribution in [2.75, 3.05) is 0 Å². The van der Waals surface area contributed by atoms with Gasteiger partial charge in [-0.05, 0) is 31.1 Å². The van der Waals surface area contributed by atoms with Crippen molar-refractivity contribution < 1.29 is 9.53 Å². The van der Waals surface area contributed by atoms with Crippen LogP contribution < -0.4 is 4.43 Å². The summed E-state index contributed by atoms with van der Waals surface area (Å²) >= 11 is 0. The fourth-order valence-electron chi connectivity index (χ4n) is 1.35. The van der Waals surface area contributed by atoms with Crippen molar-refractivity contribution in [2.24, 2.45) is 0 Å². The van der Waals surface area contributed by atoms with Crippen LogP contribution in [0.15, 0.2) is 24.3 Å². The molecule has 1 atom stereocenters. The summed E-state index contributed by atoms with van der Waals surface area (Å²) in [4.78, 5) is 0. The van der Waals surface area contributed by atoms with Crippen LogP contribution in [0.1, 0.15) is 39.4 Å². The monoisotopic (exact) mass is 252 g/mol. The van der Waals surface area contributed by atoms with E-state index >= 15 is 0 Å². The third-order valence-corrected chi connectivity index (χ3v) is 7.88. The van der Waals surface area contributed by atoms with Gasteiger partial charge in [-0.1, -0.05) is 39.0 Å². The molecule has 0 aromatic heterocycles. The van der Waals surface area contributed by atoms with E-state index in [9.17, 15) is 5.11 Å². The van der Waals surface area contributed by atoms with E-state index in [2.05, 4.69) is 33.9 Å². The Morgan fingerprint density at radius 2 is 1.71 bits per heavy atom. The van der Waals surface area contributed by atoms with Crippen molar-refractivity contribution in [2.45, 2.75) is 51.9 Å². The molecule has 0 spiro atoms. The van der Waals surface area contributed by atoms with Gasteiger partial charge in [0.15, 0.2) is 0 Å². The Labute approximate surface area is 106 Å².